The van der Waals surface area contributed by atoms with E-state index in [1.807, 2.05) is 30.3 Å². The number of benzene rings is 3. The Bertz CT molecular complexity index is 1140. The standard InChI is InChI=1S/C28H30ClN3O2/c1-20-4-6-23(7-5-20)28-19-31(21(2)22-8-10-24(30-3)11-9-22)14-15-32(28)27-13-12-25(18-26(27)29)34-17-16-33/h4-13,18,21,28,33H,14-17,19H2,1-2H3/t21-,28+/m1/s1. The first-order chi connectivity index (χ1) is 16.5. The van der Waals surface area contributed by atoms with Crippen molar-refractivity contribution in [1.82, 2.24) is 4.90 Å². The van der Waals surface area contributed by atoms with Crippen molar-refractivity contribution in [3.63, 3.8) is 0 Å². The quantitative estimate of drug-likeness (QED) is 0.413. The first-order valence-electron chi connectivity index (χ1n) is 11.6. The molecule has 3 aromatic carbocycles. The first kappa shape index (κ1) is 24.1. The van der Waals surface area contributed by atoms with E-state index in [9.17, 15) is 0 Å². The third-order valence-corrected chi connectivity index (χ3v) is 6.82. The Morgan fingerprint density at radius 3 is 2.47 bits per heavy atom. The number of rotatable bonds is 7. The summed E-state index contributed by atoms with van der Waals surface area (Å²) in [6.45, 7) is 14.3. The van der Waals surface area contributed by atoms with Crippen molar-refractivity contribution in [3.05, 3.63) is 99.9 Å². The van der Waals surface area contributed by atoms with Crippen LogP contribution in [-0.2, 0) is 0 Å². The van der Waals surface area contributed by atoms with Crippen molar-refractivity contribution in [2.24, 2.45) is 0 Å². The molecule has 0 unspecified atom stereocenters. The van der Waals surface area contributed by atoms with Gasteiger partial charge in [0.2, 0.25) is 0 Å². The van der Waals surface area contributed by atoms with Gasteiger partial charge in [-0.1, -0.05) is 65.7 Å². The van der Waals surface area contributed by atoms with E-state index >= 15 is 0 Å². The van der Waals surface area contributed by atoms with E-state index in [1.54, 1.807) is 0 Å². The van der Waals surface area contributed by atoms with Crippen LogP contribution in [0.15, 0.2) is 66.7 Å². The van der Waals surface area contributed by atoms with E-state index in [-0.39, 0.29) is 25.3 Å². The van der Waals surface area contributed by atoms with Crippen molar-refractivity contribution < 1.29 is 9.84 Å². The molecular weight excluding hydrogens is 446 g/mol. The molecule has 0 saturated carbocycles. The molecule has 2 atom stereocenters. The number of hydrogen-bond acceptors (Lipinski definition) is 4. The van der Waals surface area contributed by atoms with Gasteiger partial charge in [0.05, 0.1) is 29.9 Å². The average molecular weight is 476 g/mol. The first-order valence-corrected chi connectivity index (χ1v) is 12.0. The Morgan fingerprint density at radius 1 is 1.09 bits per heavy atom. The maximum absolute atomic E-state index is 9.03. The van der Waals surface area contributed by atoms with E-state index in [4.69, 9.17) is 28.0 Å². The smallest absolute Gasteiger partial charge is 0.187 e. The third kappa shape index (κ3) is 5.37. The van der Waals surface area contributed by atoms with Crippen LogP contribution in [0, 0.1) is 13.5 Å². The zero-order chi connectivity index (χ0) is 24.1. The van der Waals surface area contributed by atoms with Gasteiger partial charge in [-0.25, -0.2) is 4.85 Å². The van der Waals surface area contributed by atoms with Gasteiger partial charge in [0.25, 0.3) is 0 Å². The predicted molar refractivity (Wildman–Crippen MR) is 138 cm³/mol. The van der Waals surface area contributed by atoms with Crippen LogP contribution in [0.4, 0.5) is 11.4 Å². The molecule has 1 N–H and O–H groups in total. The average Bonchev–Trinajstić information content (AvgIpc) is 2.87. The molecule has 0 radical (unpaired) electrons. The van der Waals surface area contributed by atoms with Crippen LogP contribution in [-0.4, -0.2) is 42.9 Å². The Kier molecular flexibility index (Phi) is 7.74. The monoisotopic (exact) mass is 475 g/mol. The van der Waals surface area contributed by atoms with Crippen molar-refractivity contribution in [1.29, 1.82) is 0 Å². The topological polar surface area (TPSA) is 40.3 Å². The van der Waals surface area contributed by atoms with E-state index in [2.05, 4.69) is 64.9 Å². The summed E-state index contributed by atoms with van der Waals surface area (Å²) in [7, 11) is 0. The van der Waals surface area contributed by atoms with Gasteiger partial charge in [-0.05, 0) is 37.1 Å². The highest BCUT2D eigenvalue weighted by Crippen LogP contribution is 2.39. The van der Waals surface area contributed by atoms with E-state index in [0.29, 0.717) is 16.5 Å². The molecule has 0 spiro atoms. The molecule has 1 aliphatic rings. The molecule has 0 aromatic heterocycles. The lowest BCUT2D eigenvalue weighted by Gasteiger charge is -2.45. The molecule has 1 heterocycles. The van der Waals surface area contributed by atoms with Crippen LogP contribution in [0.1, 0.15) is 35.7 Å². The lowest BCUT2D eigenvalue weighted by Crippen LogP contribution is -2.49. The predicted octanol–water partition coefficient (Wildman–Crippen LogP) is 6.19. The summed E-state index contributed by atoms with van der Waals surface area (Å²) in [5.74, 6) is 0.657. The Hall–Kier alpha value is -3.04. The van der Waals surface area contributed by atoms with Gasteiger partial charge in [-0.2, -0.15) is 0 Å². The van der Waals surface area contributed by atoms with E-state index in [1.165, 1.54) is 16.7 Å². The number of anilines is 1. The molecule has 0 amide bonds. The van der Waals surface area contributed by atoms with E-state index in [0.717, 1.165) is 25.3 Å². The van der Waals surface area contributed by atoms with Crippen molar-refractivity contribution in [2.45, 2.75) is 25.9 Å². The second-order valence-corrected chi connectivity index (χ2v) is 9.09. The number of halogens is 1. The minimum Gasteiger partial charge on any atom is -0.491 e. The Morgan fingerprint density at radius 2 is 1.82 bits per heavy atom. The zero-order valence-electron chi connectivity index (χ0n) is 19.6. The van der Waals surface area contributed by atoms with Crippen LogP contribution >= 0.6 is 11.6 Å². The highest BCUT2D eigenvalue weighted by molar-refractivity contribution is 6.33. The number of piperazine rings is 1. The maximum atomic E-state index is 9.03. The van der Waals surface area contributed by atoms with Crippen molar-refractivity contribution >= 4 is 23.0 Å². The summed E-state index contributed by atoms with van der Waals surface area (Å²) in [6, 6.07) is 22.8. The zero-order valence-corrected chi connectivity index (χ0v) is 20.4. The number of aliphatic hydroxyl groups excluding tert-OH is 1. The lowest BCUT2D eigenvalue weighted by atomic mass is 9.97. The molecule has 3 aromatic rings. The van der Waals surface area contributed by atoms with Gasteiger partial charge >= 0.3 is 0 Å². The number of nitrogens with zero attached hydrogens (tertiary/aromatic N) is 3. The number of aryl methyl sites for hydroxylation is 1. The molecule has 1 saturated heterocycles. The molecule has 0 bridgehead atoms. The second-order valence-electron chi connectivity index (χ2n) is 8.68. The van der Waals surface area contributed by atoms with Crippen LogP contribution in [0.25, 0.3) is 4.85 Å². The molecule has 176 valence electrons. The normalized spacial score (nSPS) is 17.3. The summed E-state index contributed by atoms with van der Waals surface area (Å²) in [4.78, 5) is 8.40. The van der Waals surface area contributed by atoms with Gasteiger partial charge in [-0.3, -0.25) is 4.90 Å². The SMILES string of the molecule is [C-]#[N+]c1ccc([C@@H](C)N2CCN(c3ccc(OCCO)cc3Cl)[C@H](c3ccc(C)cc3)C2)cc1. The Balaban J connectivity index is 1.61. The molecule has 6 heteroatoms. The van der Waals surface area contributed by atoms with Gasteiger partial charge in [-0.15, -0.1) is 0 Å². The molecule has 0 aliphatic carbocycles. The fourth-order valence-electron chi connectivity index (χ4n) is 4.53. The highest BCUT2D eigenvalue weighted by Gasteiger charge is 2.32. The lowest BCUT2D eigenvalue weighted by molar-refractivity contribution is 0.171. The fourth-order valence-corrected chi connectivity index (χ4v) is 4.81. The molecule has 5 nitrogen and oxygen atoms in total. The van der Waals surface area contributed by atoms with Crippen molar-refractivity contribution in [3.8, 4) is 5.75 Å². The number of hydrogen-bond donors (Lipinski definition) is 1. The summed E-state index contributed by atoms with van der Waals surface area (Å²) in [5, 5.41) is 9.67. The van der Waals surface area contributed by atoms with Crippen molar-refractivity contribution in [2.75, 3.05) is 37.7 Å². The fraction of sp³-hybridized carbons (Fsp3) is 0.321. The molecule has 34 heavy (non-hydrogen) atoms. The second kappa shape index (κ2) is 10.9. The minimum absolute atomic E-state index is 0.0321. The van der Waals surface area contributed by atoms with Crippen LogP contribution in [0.2, 0.25) is 5.02 Å². The molecule has 4 rings (SSSR count). The third-order valence-electron chi connectivity index (χ3n) is 6.51. The molecule has 1 aliphatic heterocycles. The van der Waals surface area contributed by atoms with Crippen LogP contribution < -0.4 is 9.64 Å². The maximum Gasteiger partial charge on any atom is 0.187 e. The Labute approximate surface area is 207 Å². The van der Waals surface area contributed by atoms with E-state index < -0.39 is 0 Å². The van der Waals surface area contributed by atoms with Gasteiger partial charge < -0.3 is 14.7 Å². The molecule has 1 fully saturated rings. The molecular formula is C28H30ClN3O2. The summed E-state index contributed by atoms with van der Waals surface area (Å²) in [5.41, 5.74) is 5.35. The van der Waals surface area contributed by atoms with Crippen LogP contribution in [0.5, 0.6) is 5.75 Å². The van der Waals surface area contributed by atoms with Gasteiger partial charge in [0, 0.05) is 31.7 Å². The number of aliphatic hydroxyl groups is 1. The minimum atomic E-state index is -0.0321. The largest absolute Gasteiger partial charge is 0.491 e. The highest BCUT2D eigenvalue weighted by atomic mass is 35.5. The summed E-state index contributed by atoms with van der Waals surface area (Å²) < 4.78 is 5.54. The van der Waals surface area contributed by atoms with Gasteiger partial charge in [0.15, 0.2) is 5.69 Å². The summed E-state index contributed by atoms with van der Waals surface area (Å²) in [6.07, 6.45) is 0. The number of ether oxygens (including phenoxy) is 1. The summed E-state index contributed by atoms with van der Waals surface area (Å²) >= 11 is 6.72. The van der Waals surface area contributed by atoms with Crippen LogP contribution in [0.3, 0.4) is 0 Å². The van der Waals surface area contributed by atoms with Gasteiger partial charge in [0.1, 0.15) is 12.4 Å².